The highest BCUT2D eigenvalue weighted by Gasteiger charge is 2.28. The lowest BCUT2D eigenvalue weighted by Crippen LogP contribution is -2.22. The van der Waals surface area contributed by atoms with E-state index in [4.69, 9.17) is 4.84 Å². The number of hydrogen-bond acceptors (Lipinski definition) is 6. The molecule has 3 rings (SSSR count). The molecule has 6 nitrogen and oxygen atoms in total. The molecular formula is C15H14N2O4S2. The zero-order chi connectivity index (χ0) is 16.4. The van der Waals surface area contributed by atoms with Crippen LogP contribution in [0.25, 0.3) is 0 Å². The molecule has 1 atom stereocenters. The molecular weight excluding hydrogens is 336 g/mol. The van der Waals surface area contributed by atoms with Gasteiger partial charge < -0.3 is 10.2 Å². The van der Waals surface area contributed by atoms with Crippen LogP contribution in [-0.4, -0.2) is 26.3 Å². The van der Waals surface area contributed by atoms with Gasteiger partial charge >= 0.3 is 0 Å². The monoisotopic (exact) mass is 350 g/mol. The second-order valence-electron chi connectivity index (χ2n) is 5.09. The lowest BCUT2D eigenvalue weighted by Gasteiger charge is -2.07. The van der Waals surface area contributed by atoms with E-state index in [1.54, 1.807) is 5.38 Å². The molecule has 0 spiro atoms. The average Bonchev–Trinajstić information content (AvgIpc) is 3.16. The Bertz CT molecular complexity index is 857. The van der Waals surface area contributed by atoms with Gasteiger partial charge in [0.1, 0.15) is 15.6 Å². The fraction of sp³-hybridized carbons (Fsp3) is 0.200. The number of sulfone groups is 1. The van der Waals surface area contributed by atoms with Gasteiger partial charge in [-0.25, -0.2) is 8.42 Å². The molecule has 1 aromatic carbocycles. The summed E-state index contributed by atoms with van der Waals surface area (Å²) in [5, 5.41) is 8.34. The van der Waals surface area contributed by atoms with Gasteiger partial charge in [-0.2, -0.15) is 0 Å². The lowest BCUT2D eigenvalue weighted by atomic mass is 10.0. The summed E-state index contributed by atoms with van der Waals surface area (Å²) in [5.41, 5.74) is 1.18. The highest BCUT2D eigenvalue weighted by molar-refractivity contribution is 7.91. The summed E-state index contributed by atoms with van der Waals surface area (Å²) in [5.74, 6) is -0.448. The zero-order valence-electron chi connectivity index (χ0n) is 12.2. The van der Waals surface area contributed by atoms with Crippen molar-refractivity contribution in [2.24, 2.45) is 5.16 Å². The van der Waals surface area contributed by atoms with E-state index in [-0.39, 0.29) is 16.7 Å². The lowest BCUT2D eigenvalue weighted by molar-refractivity contribution is -0.110. The van der Waals surface area contributed by atoms with Crippen LogP contribution in [0.3, 0.4) is 0 Å². The number of thiophene rings is 1. The van der Waals surface area contributed by atoms with E-state index in [2.05, 4.69) is 10.5 Å². The predicted molar refractivity (Wildman–Crippen MR) is 88.4 cm³/mol. The molecule has 2 aromatic rings. The van der Waals surface area contributed by atoms with Crippen molar-refractivity contribution < 1.29 is 18.0 Å². The Morgan fingerprint density at radius 2 is 2.04 bits per heavy atom. The molecule has 0 saturated carbocycles. The van der Waals surface area contributed by atoms with Gasteiger partial charge in [0.05, 0.1) is 0 Å². The van der Waals surface area contributed by atoms with Gasteiger partial charge in [-0.3, -0.25) is 4.79 Å². The third-order valence-electron chi connectivity index (χ3n) is 3.36. The highest BCUT2D eigenvalue weighted by Crippen LogP contribution is 2.30. The van der Waals surface area contributed by atoms with Crippen LogP contribution in [0.5, 0.6) is 0 Å². The molecule has 0 fully saturated rings. The van der Waals surface area contributed by atoms with Gasteiger partial charge in [0.25, 0.3) is 5.91 Å². The standard InChI is InChI=1S/C15H14N2O4S2/c1-23(19,20)13-7-8-22-15(13)16-14(18)11-9-12(21-17-11)10-5-3-2-4-6-10/h2-8,12H,9H2,1H3,(H,16,18)/t12-/m1/s1. The van der Waals surface area contributed by atoms with Crippen LogP contribution in [-0.2, 0) is 19.5 Å². The minimum atomic E-state index is -3.39. The maximum absolute atomic E-state index is 12.3. The number of oxime groups is 1. The highest BCUT2D eigenvalue weighted by atomic mass is 32.2. The van der Waals surface area contributed by atoms with Crippen LogP contribution in [0.15, 0.2) is 51.8 Å². The Kier molecular flexibility index (Phi) is 4.18. The largest absolute Gasteiger partial charge is 0.387 e. The van der Waals surface area contributed by atoms with Gasteiger partial charge in [-0.1, -0.05) is 35.5 Å². The van der Waals surface area contributed by atoms with Crippen molar-refractivity contribution in [1.82, 2.24) is 0 Å². The van der Waals surface area contributed by atoms with E-state index in [1.165, 1.54) is 6.07 Å². The first-order chi connectivity index (χ1) is 10.9. The molecule has 0 bridgehead atoms. The predicted octanol–water partition coefficient (Wildman–Crippen LogP) is 2.61. The normalized spacial score (nSPS) is 17.4. The summed E-state index contributed by atoms with van der Waals surface area (Å²) < 4.78 is 23.3. The third kappa shape index (κ3) is 3.43. The summed E-state index contributed by atoms with van der Waals surface area (Å²) in [6.45, 7) is 0. The molecule has 0 unspecified atom stereocenters. The molecule has 8 heteroatoms. The first-order valence-corrected chi connectivity index (χ1v) is 9.59. The second kappa shape index (κ2) is 6.13. The van der Waals surface area contributed by atoms with Crippen LogP contribution in [0, 0.1) is 0 Å². The average molecular weight is 350 g/mol. The fourth-order valence-electron chi connectivity index (χ4n) is 2.21. The SMILES string of the molecule is CS(=O)(=O)c1ccsc1NC(=O)C1=NO[C@@H](c2ccccc2)C1. The number of anilines is 1. The minimum absolute atomic E-state index is 0.106. The fourth-order valence-corrected chi connectivity index (χ4v) is 4.28. The molecule has 1 amide bonds. The van der Waals surface area contributed by atoms with E-state index >= 15 is 0 Å². The van der Waals surface area contributed by atoms with Crippen molar-refractivity contribution in [3.8, 4) is 0 Å². The molecule has 1 aromatic heterocycles. The smallest absolute Gasteiger partial charge is 0.274 e. The number of carbonyl (C=O) groups excluding carboxylic acids is 1. The van der Waals surface area contributed by atoms with Crippen LogP contribution in [0.1, 0.15) is 18.1 Å². The minimum Gasteiger partial charge on any atom is -0.387 e. The van der Waals surface area contributed by atoms with E-state index in [1.807, 2.05) is 30.3 Å². The molecule has 0 saturated heterocycles. The van der Waals surface area contributed by atoms with E-state index in [9.17, 15) is 13.2 Å². The van der Waals surface area contributed by atoms with Crippen molar-refractivity contribution in [3.63, 3.8) is 0 Å². The number of hydrogen-bond donors (Lipinski definition) is 1. The van der Waals surface area contributed by atoms with E-state index in [0.29, 0.717) is 11.4 Å². The van der Waals surface area contributed by atoms with E-state index < -0.39 is 15.7 Å². The summed E-state index contributed by atoms with van der Waals surface area (Å²) in [7, 11) is -3.39. The molecule has 0 aliphatic carbocycles. The Balaban J connectivity index is 1.70. The first kappa shape index (κ1) is 15.7. The maximum atomic E-state index is 12.3. The van der Waals surface area contributed by atoms with Gasteiger partial charge in [0.15, 0.2) is 15.9 Å². The van der Waals surface area contributed by atoms with Crippen LogP contribution in [0.4, 0.5) is 5.00 Å². The van der Waals surface area contributed by atoms with Crippen molar-refractivity contribution >= 4 is 37.8 Å². The summed E-state index contributed by atoms with van der Waals surface area (Å²) in [4.78, 5) is 17.7. The number of carbonyl (C=O) groups is 1. The number of amides is 1. The van der Waals surface area contributed by atoms with Crippen molar-refractivity contribution in [2.75, 3.05) is 11.6 Å². The van der Waals surface area contributed by atoms with Gasteiger partial charge in [0.2, 0.25) is 0 Å². The Labute approximate surface area is 137 Å². The number of rotatable bonds is 4. The van der Waals surface area contributed by atoms with Crippen LogP contribution >= 0.6 is 11.3 Å². The number of benzene rings is 1. The van der Waals surface area contributed by atoms with Crippen molar-refractivity contribution in [2.45, 2.75) is 17.4 Å². The quantitative estimate of drug-likeness (QED) is 0.918. The van der Waals surface area contributed by atoms with Crippen LogP contribution in [0.2, 0.25) is 0 Å². The van der Waals surface area contributed by atoms with Crippen molar-refractivity contribution in [3.05, 3.63) is 47.3 Å². The number of nitrogens with zero attached hydrogens (tertiary/aromatic N) is 1. The molecule has 23 heavy (non-hydrogen) atoms. The summed E-state index contributed by atoms with van der Waals surface area (Å²) in [6, 6.07) is 11.0. The molecule has 2 heterocycles. The number of nitrogens with one attached hydrogen (secondary N) is 1. The van der Waals surface area contributed by atoms with Gasteiger partial charge in [0, 0.05) is 12.7 Å². The topological polar surface area (TPSA) is 84.8 Å². The molecule has 0 radical (unpaired) electrons. The Morgan fingerprint density at radius 3 is 2.74 bits per heavy atom. The third-order valence-corrected chi connectivity index (χ3v) is 5.46. The second-order valence-corrected chi connectivity index (χ2v) is 7.99. The maximum Gasteiger partial charge on any atom is 0.274 e. The van der Waals surface area contributed by atoms with E-state index in [0.717, 1.165) is 23.2 Å². The summed E-state index contributed by atoms with van der Waals surface area (Å²) in [6.07, 6.45) is 1.15. The van der Waals surface area contributed by atoms with Gasteiger partial charge in [-0.15, -0.1) is 11.3 Å². The van der Waals surface area contributed by atoms with Crippen LogP contribution < -0.4 is 5.32 Å². The van der Waals surface area contributed by atoms with Crippen molar-refractivity contribution in [1.29, 1.82) is 0 Å². The Morgan fingerprint density at radius 1 is 1.30 bits per heavy atom. The molecule has 1 aliphatic rings. The molecule has 1 aliphatic heterocycles. The molecule has 120 valence electrons. The van der Waals surface area contributed by atoms with Gasteiger partial charge in [-0.05, 0) is 17.0 Å². The molecule has 1 N–H and O–H groups in total. The Hall–Kier alpha value is -2.19. The summed E-state index contributed by atoms with van der Waals surface area (Å²) >= 11 is 1.15. The zero-order valence-corrected chi connectivity index (χ0v) is 13.9. The first-order valence-electron chi connectivity index (χ1n) is 6.81.